The highest BCUT2D eigenvalue weighted by molar-refractivity contribution is 9.09. The number of benzene rings is 1. The van der Waals surface area contributed by atoms with Crippen molar-refractivity contribution >= 4 is 45.0 Å². The van der Waals surface area contributed by atoms with Gasteiger partial charge in [-0.2, -0.15) is 0 Å². The molecule has 0 bridgehead atoms. The van der Waals surface area contributed by atoms with Crippen LogP contribution in [-0.2, 0) is 4.74 Å². The maximum atomic E-state index is 11.9. The Balaban J connectivity index is 2.51. The molecule has 0 spiro atoms. The predicted octanol–water partition coefficient (Wildman–Crippen LogP) is 3.52. The minimum absolute atomic E-state index is 0.213. The third kappa shape index (κ3) is 4.76. The van der Waals surface area contributed by atoms with Crippen LogP contribution in [0.1, 0.15) is 16.8 Å². The van der Waals surface area contributed by atoms with E-state index in [9.17, 15) is 4.79 Å². The highest BCUT2D eigenvalue weighted by Crippen LogP contribution is 2.23. The van der Waals surface area contributed by atoms with Gasteiger partial charge in [-0.15, -0.1) is 0 Å². The second-order valence-electron chi connectivity index (χ2n) is 3.69. The summed E-state index contributed by atoms with van der Waals surface area (Å²) in [6, 6.07) is 4.98. The van der Waals surface area contributed by atoms with E-state index < -0.39 is 0 Å². The molecule has 1 N–H and O–H groups in total. The Labute approximate surface area is 125 Å². The van der Waals surface area contributed by atoms with Crippen LogP contribution in [0.3, 0.4) is 0 Å². The van der Waals surface area contributed by atoms with Crippen molar-refractivity contribution in [2.75, 3.05) is 20.3 Å². The lowest BCUT2D eigenvalue weighted by Gasteiger charge is -2.11. The molecule has 0 aliphatic carbocycles. The number of rotatable bonds is 6. The molecule has 0 aliphatic rings. The molecule has 0 radical (unpaired) electrons. The van der Waals surface area contributed by atoms with Crippen LogP contribution in [0.5, 0.6) is 0 Å². The number of hydrogen-bond donors (Lipinski definition) is 1. The Kier molecular flexibility index (Phi) is 7.00. The molecule has 18 heavy (non-hydrogen) atoms. The highest BCUT2D eigenvalue weighted by Gasteiger charge is 2.14. The van der Waals surface area contributed by atoms with E-state index in [4.69, 9.17) is 27.9 Å². The molecule has 0 aliphatic heterocycles. The van der Waals surface area contributed by atoms with Gasteiger partial charge in [-0.25, -0.2) is 0 Å². The van der Waals surface area contributed by atoms with Gasteiger partial charge in [0.15, 0.2) is 0 Å². The second kappa shape index (κ2) is 8.00. The maximum absolute atomic E-state index is 11.9. The maximum Gasteiger partial charge on any atom is 0.254 e. The summed E-state index contributed by atoms with van der Waals surface area (Å²) in [4.78, 5) is 12.1. The summed E-state index contributed by atoms with van der Waals surface area (Å²) < 4.78 is 4.98. The van der Waals surface area contributed by atoms with Crippen molar-refractivity contribution in [3.63, 3.8) is 0 Å². The van der Waals surface area contributed by atoms with Gasteiger partial charge >= 0.3 is 0 Å². The Morgan fingerprint density at radius 2 is 2.06 bits per heavy atom. The van der Waals surface area contributed by atoms with E-state index in [-0.39, 0.29) is 10.7 Å². The van der Waals surface area contributed by atoms with Crippen molar-refractivity contribution in [1.29, 1.82) is 0 Å². The van der Waals surface area contributed by atoms with Gasteiger partial charge in [0.25, 0.3) is 5.91 Å². The highest BCUT2D eigenvalue weighted by atomic mass is 79.9. The average Bonchev–Trinajstić information content (AvgIpc) is 2.29. The van der Waals surface area contributed by atoms with E-state index in [2.05, 4.69) is 21.2 Å². The van der Waals surface area contributed by atoms with Crippen LogP contribution in [-0.4, -0.2) is 31.0 Å². The topological polar surface area (TPSA) is 38.3 Å². The summed E-state index contributed by atoms with van der Waals surface area (Å²) in [6.45, 7) is 1.13. The fraction of sp³-hybridized carbons (Fsp3) is 0.417. The summed E-state index contributed by atoms with van der Waals surface area (Å²) in [6.07, 6.45) is 0.766. The van der Waals surface area contributed by atoms with E-state index in [1.165, 1.54) is 0 Å². The molecule has 0 saturated heterocycles. The number of hydrogen-bond acceptors (Lipinski definition) is 2. The SMILES string of the molecule is COCC(Br)CCNC(=O)c1c(Cl)cccc1Cl. The van der Waals surface area contributed by atoms with Crippen LogP contribution >= 0.6 is 39.1 Å². The van der Waals surface area contributed by atoms with E-state index in [1.807, 2.05) is 0 Å². The molecule has 0 fully saturated rings. The quantitative estimate of drug-likeness (QED) is 0.793. The van der Waals surface area contributed by atoms with Gasteiger partial charge in [0.05, 0.1) is 22.2 Å². The number of nitrogens with one attached hydrogen (secondary N) is 1. The average molecular weight is 355 g/mol. The van der Waals surface area contributed by atoms with Crippen LogP contribution in [0.15, 0.2) is 18.2 Å². The number of halogens is 3. The standard InChI is InChI=1S/C12H14BrCl2NO2/c1-18-7-8(13)5-6-16-12(17)11-9(14)3-2-4-10(11)15/h2-4,8H,5-7H2,1H3,(H,16,17). The van der Waals surface area contributed by atoms with Crippen LogP contribution < -0.4 is 5.32 Å². The molecule has 1 amide bonds. The van der Waals surface area contributed by atoms with E-state index in [0.29, 0.717) is 28.8 Å². The molecule has 0 aromatic heterocycles. The first kappa shape index (κ1) is 15.8. The Hall–Kier alpha value is -0.290. The number of amides is 1. The first-order valence-electron chi connectivity index (χ1n) is 5.41. The monoisotopic (exact) mass is 353 g/mol. The zero-order valence-electron chi connectivity index (χ0n) is 9.88. The Morgan fingerprint density at radius 1 is 1.44 bits per heavy atom. The molecule has 1 aromatic rings. The van der Waals surface area contributed by atoms with Crippen molar-refractivity contribution in [3.8, 4) is 0 Å². The third-order valence-corrected chi connectivity index (χ3v) is 3.63. The number of carbonyl (C=O) groups excluding carboxylic acids is 1. The summed E-state index contributed by atoms with van der Waals surface area (Å²) in [7, 11) is 1.64. The molecular formula is C12H14BrCl2NO2. The van der Waals surface area contributed by atoms with Gasteiger partial charge in [0, 0.05) is 18.5 Å². The fourth-order valence-corrected chi connectivity index (χ4v) is 2.47. The van der Waals surface area contributed by atoms with Crippen LogP contribution in [0.4, 0.5) is 0 Å². The number of carbonyl (C=O) groups is 1. The molecule has 100 valence electrons. The third-order valence-electron chi connectivity index (χ3n) is 2.28. The molecule has 1 rings (SSSR count). The predicted molar refractivity (Wildman–Crippen MR) is 78.0 cm³/mol. The molecule has 1 unspecified atom stereocenters. The second-order valence-corrected chi connectivity index (χ2v) is 5.80. The molecule has 0 saturated carbocycles. The van der Waals surface area contributed by atoms with Crippen LogP contribution in [0, 0.1) is 0 Å². The lowest BCUT2D eigenvalue weighted by Crippen LogP contribution is -2.27. The molecule has 3 nitrogen and oxygen atoms in total. The molecular weight excluding hydrogens is 341 g/mol. The van der Waals surface area contributed by atoms with Crippen molar-refractivity contribution < 1.29 is 9.53 Å². The van der Waals surface area contributed by atoms with Gasteiger partial charge in [0.1, 0.15) is 0 Å². The summed E-state index contributed by atoms with van der Waals surface area (Å²) in [5, 5.41) is 3.48. The van der Waals surface area contributed by atoms with Gasteiger partial charge in [0.2, 0.25) is 0 Å². The summed E-state index contributed by atoms with van der Waals surface area (Å²) in [5.74, 6) is -0.261. The zero-order chi connectivity index (χ0) is 13.5. The van der Waals surface area contributed by atoms with Crippen molar-refractivity contribution in [1.82, 2.24) is 5.32 Å². The Morgan fingerprint density at radius 3 is 2.61 bits per heavy atom. The normalized spacial score (nSPS) is 12.2. The summed E-state index contributed by atoms with van der Waals surface area (Å²) >= 11 is 15.3. The molecule has 1 atom stereocenters. The molecule has 6 heteroatoms. The van der Waals surface area contributed by atoms with Gasteiger partial charge in [-0.1, -0.05) is 45.2 Å². The van der Waals surface area contributed by atoms with E-state index >= 15 is 0 Å². The first-order valence-corrected chi connectivity index (χ1v) is 7.08. The van der Waals surface area contributed by atoms with Crippen LogP contribution in [0.2, 0.25) is 10.0 Å². The van der Waals surface area contributed by atoms with Gasteiger partial charge in [-0.05, 0) is 18.6 Å². The lowest BCUT2D eigenvalue weighted by atomic mass is 10.2. The van der Waals surface area contributed by atoms with Gasteiger partial charge < -0.3 is 10.1 Å². The van der Waals surface area contributed by atoms with E-state index in [1.54, 1.807) is 25.3 Å². The van der Waals surface area contributed by atoms with Gasteiger partial charge in [-0.3, -0.25) is 4.79 Å². The van der Waals surface area contributed by atoms with Crippen LogP contribution in [0.25, 0.3) is 0 Å². The van der Waals surface area contributed by atoms with Crippen molar-refractivity contribution in [3.05, 3.63) is 33.8 Å². The zero-order valence-corrected chi connectivity index (χ0v) is 13.0. The van der Waals surface area contributed by atoms with Crippen molar-refractivity contribution in [2.45, 2.75) is 11.2 Å². The van der Waals surface area contributed by atoms with E-state index in [0.717, 1.165) is 6.42 Å². The lowest BCUT2D eigenvalue weighted by molar-refractivity contribution is 0.0952. The fourth-order valence-electron chi connectivity index (χ4n) is 1.41. The smallest absolute Gasteiger partial charge is 0.254 e. The minimum atomic E-state index is -0.261. The first-order chi connectivity index (χ1) is 8.56. The Bertz CT molecular complexity index is 395. The van der Waals surface area contributed by atoms with Crippen molar-refractivity contribution in [2.24, 2.45) is 0 Å². The molecule has 1 aromatic carbocycles. The summed E-state index contributed by atoms with van der Waals surface area (Å²) in [5.41, 5.74) is 0.318. The number of ether oxygens (including phenoxy) is 1. The largest absolute Gasteiger partial charge is 0.384 e. The minimum Gasteiger partial charge on any atom is -0.384 e. The number of methoxy groups -OCH3 is 1. The molecule has 0 heterocycles. The number of alkyl halides is 1.